The Morgan fingerprint density at radius 2 is 1.92 bits per heavy atom. The molecule has 1 heterocycles. The van der Waals surface area contributed by atoms with Crippen LogP contribution in [0.4, 0.5) is 0 Å². The fourth-order valence-electron chi connectivity index (χ4n) is 2.04. The summed E-state index contributed by atoms with van der Waals surface area (Å²) < 4.78 is 11.0. The van der Waals surface area contributed by atoms with Gasteiger partial charge in [-0.25, -0.2) is 4.99 Å². The number of aliphatic imine (C=N–C) groups is 1. The summed E-state index contributed by atoms with van der Waals surface area (Å²) in [5.74, 6) is 2.53. The van der Waals surface area contributed by atoms with Crippen molar-refractivity contribution < 1.29 is 9.15 Å². The van der Waals surface area contributed by atoms with E-state index in [-0.39, 0.29) is 30.1 Å². The van der Waals surface area contributed by atoms with E-state index < -0.39 is 0 Å². The number of hydrogen-bond donors (Lipinski definition) is 2. The molecule has 132 valence electrons. The second-order valence-corrected chi connectivity index (χ2v) is 5.44. The third-order valence-electron chi connectivity index (χ3n) is 3.07. The van der Waals surface area contributed by atoms with Gasteiger partial charge in [-0.3, -0.25) is 0 Å². The molecule has 0 fully saturated rings. The Kier molecular flexibility index (Phi) is 9.29. The minimum absolute atomic E-state index is 0. The molecule has 0 spiro atoms. The summed E-state index contributed by atoms with van der Waals surface area (Å²) in [7, 11) is 0. The molecule has 6 heteroatoms. The number of nitrogens with zero attached hydrogens (tertiary/aromatic N) is 1. The van der Waals surface area contributed by atoms with Crippen LogP contribution in [0.2, 0.25) is 0 Å². The molecule has 1 aromatic heterocycles. The van der Waals surface area contributed by atoms with Gasteiger partial charge in [-0.1, -0.05) is 12.1 Å². The van der Waals surface area contributed by atoms with Crippen LogP contribution < -0.4 is 15.4 Å². The minimum atomic E-state index is 0. The number of guanidine groups is 1. The van der Waals surface area contributed by atoms with Gasteiger partial charge in [0.25, 0.3) is 0 Å². The van der Waals surface area contributed by atoms with Crippen molar-refractivity contribution in [3.63, 3.8) is 0 Å². The Morgan fingerprint density at radius 1 is 1.17 bits per heavy atom. The second kappa shape index (κ2) is 11.0. The summed E-state index contributed by atoms with van der Waals surface area (Å²) in [5.41, 5.74) is 1.14. The van der Waals surface area contributed by atoms with Crippen molar-refractivity contribution in [1.29, 1.82) is 0 Å². The van der Waals surface area contributed by atoms with E-state index in [0.29, 0.717) is 13.1 Å². The van der Waals surface area contributed by atoms with Gasteiger partial charge in [0.1, 0.15) is 11.5 Å². The molecule has 0 saturated carbocycles. The van der Waals surface area contributed by atoms with E-state index >= 15 is 0 Å². The lowest BCUT2D eigenvalue weighted by atomic mass is 10.2. The fourth-order valence-corrected chi connectivity index (χ4v) is 2.04. The number of halogens is 1. The van der Waals surface area contributed by atoms with Gasteiger partial charge in [0.2, 0.25) is 0 Å². The van der Waals surface area contributed by atoms with Gasteiger partial charge in [-0.15, -0.1) is 24.0 Å². The highest BCUT2D eigenvalue weighted by molar-refractivity contribution is 14.0. The SMILES string of the molecule is CCNC(=NCc1ccc(OC(C)C)cc1)NCc1ccco1.I. The standard InChI is InChI=1S/C18H25N3O2.HI/c1-4-19-18(21-13-17-6-5-11-22-17)20-12-15-7-9-16(10-8-15)23-14(2)3;/h5-11,14H,4,12-13H2,1-3H3,(H2,19,20,21);1H. The normalized spacial score (nSPS) is 11.1. The van der Waals surface area contributed by atoms with E-state index in [9.17, 15) is 0 Å². The average Bonchev–Trinajstić information content (AvgIpc) is 3.04. The first-order valence-corrected chi connectivity index (χ1v) is 7.97. The molecule has 0 unspecified atom stereocenters. The summed E-state index contributed by atoms with van der Waals surface area (Å²) in [4.78, 5) is 4.59. The molecule has 0 amide bonds. The smallest absolute Gasteiger partial charge is 0.191 e. The van der Waals surface area contributed by atoms with Crippen molar-refractivity contribution in [3.05, 3.63) is 54.0 Å². The second-order valence-electron chi connectivity index (χ2n) is 5.44. The van der Waals surface area contributed by atoms with E-state index in [1.54, 1.807) is 6.26 Å². The molecule has 2 aromatic rings. The Hall–Kier alpha value is -1.70. The average molecular weight is 443 g/mol. The third kappa shape index (κ3) is 7.25. The maximum Gasteiger partial charge on any atom is 0.191 e. The highest BCUT2D eigenvalue weighted by Gasteiger charge is 2.01. The predicted molar refractivity (Wildman–Crippen MR) is 108 cm³/mol. The fraction of sp³-hybridized carbons (Fsp3) is 0.389. The first kappa shape index (κ1) is 20.3. The highest BCUT2D eigenvalue weighted by Crippen LogP contribution is 2.14. The van der Waals surface area contributed by atoms with Crippen LogP contribution in [-0.4, -0.2) is 18.6 Å². The zero-order valence-electron chi connectivity index (χ0n) is 14.4. The van der Waals surface area contributed by atoms with Crippen LogP contribution in [0.15, 0.2) is 52.1 Å². The van der Waals surface area contributed by atoms with Crippen molar-refractivity contribution in [1.82, 2.24) is 10.6 Å². The molecular weight excluding hydrogens is 417 g/mol. The van der Waals surface area contributed by atoms with Gasteiger partial charge in [-0.2, -0.15) is 0 Å². The topological polar surface area (TPSA) is 58.8 Å². The summed E-state index contributed by atoms with van der Waals surface area (Å²) in [6.07, 6.45) is 1.85. The largest absolute Gasteiger partial charge is 0.491 e. The van der Waals surface area contributed by atoms with Crippen molar-refractivity contribution in [2.45, 2.75) is 40.0 Å². The van der Waals surface area contributed by atoms with Gasteiger partial charge in [0.15, 0.2) is 5.96 Å². The van der Waals surface area contributed by atoms with Crippen LogP contribution in [0.1, 0.15) is 32.1 Å². The zero-order chi connectivity index (χ0) is 16.5. The third-order valence-corrected chi connectivity index (χ3v) is 3.07. The van der Waals surface area contributed by atoms with Gasteiger partial charge < -0.3 is 19.8 Å². The van der Waals surface area contributed by atoms with Crippen LogP contribution in [0, 0.1) is 0 Å². The molecule has 0 bridgehead atoms. The van der Waals surface area contributed by atoms with Crippen LogP contribution in [0.5, 0.6) is 5.75 Å². The van der Waals surface area contributed by atoms with Crippen LogP contribution in [0.25, 0.3) is 0 Å². The molecule has 5 nitrogen and oxygen atoms in total. The van der Waals surface area contributed by atoms with Crippen LogP contribution in [-0.2, 0) is 13.1 Å². The Bertz CT molecular complexity index is 595. The van der Waals surface area contributed by atoms with E-state index in [1.807, 2.05) is 57.2 Å². The van der Waals surface area contributed by atoms with Gasteiger partial charge in [-0.05, 0) is 50.6 Å². The zero-order valence-corrected chi connectivity index (χ0v) is 16.7. The number of ether oxygens (including phenoxy) is 1. The Morgan fingerprint density at radius 3 is 2.50 bits per heavy atom. The Balaban J connectivity index is 0.00000288. The number of rotatable bonds is 7. The molecule has 2 rings (SSSR count). The number of benzene rings is 1. The van der Waals surface area contributed by atoms with Crippen molar-refractivity contribution in [2.24, 2.45) is 4.99 Å². The molecule has 0 atom stereocenters. The molecule has 1 aromatic carbocycles. The lowest BCUT2D eigenvalue weighted by molar-refractivity contribution is 0.242. The van der Waals surface area contributed by atoms with Crippen LogP contribution in [0.3, 0.4) is 0 Å². The first-order chi connectivity index (χ1) is 11.2. The van der Waals surface area contributed by atoms with E-state index in [4.69, 9.17) is 9.15 Å². The van der Waals surface area contributed by atoms with Gasteiger partial charge in [0, 0.05) is 6.54 Å². The highest BCUT2D eigenvalue weighted by atomic mass is 127. The molecule has 0 radical (unpaired) electrons. The quantitative estimate of drug-likeness (QED) is 0.387. The van der Waals surface area contributed by atoms with Crippen molar-refractivity contribution in [3.8, 4) is 5.75 Å². The van der Waals surface area contributed by atoms with Crippen LogP contribution >= 0.6 is 24.0 Å². The molecule has 0 aliphatic rings. The summed E-state index contributed by atoms with van der Waals surface area (Å²) in [6, 6.07) is 11.8. The molecule has 24 heavy (non-hydrogen) atoms. The lowest BCUT2D eigenvalue weighted by Crippen LogP contribution is -2.36. The lowest BCUT2D eigenvalue weighted by Gasteiger charge is -2.11. The summed E-state index contributed by atoms with van der Waals surface area (Å²) in [6.45, 7) is 8.11. The maximum absolute atomic E-state index is 5.64. The summed E-state index contributed by atoms with van der Waals surface area (Å²) in [5, 5.41) is 6.48. The molecule has 2 N–H and O–H groups in total. The molecule has 0 saturated heterocycles. The summed E-state index contributed by atoms with van der Waals surface area (Å²) >= 11 is 0. The first-order valence-electron chi connectivity index (χ1n) is 7.97. The number of hydrogen-bond acceptors (Lipinski definition) is 3. The minimum Gasteiger partial charge on any atom is -0.491 e. The van der Waals surface area contributed by atoms with E-state index in [1.165, 1.54) is 0 Å². The molecule has 0 aliphatic heterocycles. The predicted octanol–water partition coefficient (Wildman–Crippen LogP) is 3.94. The van der Waals surface area contributed by atoms with Crippen molar-refractivity contribution >= 4 is 29.9 Å². The van der Waals surface area contributed by atoms with Gasteiger partial charge >= 0.3 is 0 Å². The monoisotopic (exact) mass is 443 g/mol. The van der Waals surface area contributed by atoms with Crippen molar-refractivity contribution in [2.75, 3.05) is 6.54 Å². The van der Waals surface area contributed by atoms with E-state index in [0.717, 1.165) is 29.6 Å². The van der Waals surface area contributed by atoms with E-state index in [2.05, 4.69) is 15.6 Å². The Labute approximate surface area is 160 Å². The number of furan rings is 1. The maximum atomic E-state index is 5.64. The molecular formula is C18H26IN3O2. The van der Waals surface area contributed by atoms with Gasteiger partial charge in [0.05, 0.1) is 25.5 Å². The number of nitrogens with one attached hydrogen (secondary N) is 2. The molecule has 0 aliphatic carbocycles.